The lowest BCUT2D eigenvalue weighted by atomic mass is 9.95. The highest BCUT2D eigenvalue weighted by Crippen LogP contribution is 2.28. The maximum absolute atomic E-state index is 5.86. The molecule has 1 aliphatic rings. The zero-order valence-corrected chi connectivity index (χ0v) is 11.9. The lowest BCUT2D eigenvalue weighted by molar-refractivity contribution is 0.328. The minimum atomic E-state index is 0.625. The van der Waals surface area contributed by atoms with Crippen molar-refractivity contribution in [1.82, 2.24) is 5.32 Å². The number of nitrogens with one attached hydrogen (secondary N) is 1. The van der Waals surface area contributed by atoms with Gasteiger partial charge in [0, 0.05) is 6.04 Å². The monoisotopic (exact) mass is 247 g/mol. The fourth-order valence-electron chi connectivity index (χ4n) is 2.72. The second-order valence-corrected chi connectivity index (χ2v) is 5.28. The van der Waals surface area contributed by atoms with E-state index < -0.39 is 0 Å². The first-order valence-electron chi connectivity index (χ1n) is 7.17. The summed E-state index contributed by atoms with van der Waals surface area (Å²) in [6.07, 6.45) is 5.06. The van der Waals surface area contributed by atoms with E-state index in [-0.39, 0.29) is 0 Å². The number of benzene rings is 1. The van der Waals surface area contributed by atoms with E-state index in [1.807, 2.05) is 0 Å². The molecule has 1 unspecified atom stereocenters. The Balaban J connectivity index is 2.17. The van der Waals surface area contributed by atoms with Gasteiger partial charge >= 0.3 is 0 Å². The number of ether oxygens (including phenoxy) is 1. The smallest absolute Gasteiger partial charge is 0.125 e. The van der Waals surface area contributed by atoms with Crippen LogP contribution in [0.1, 0.15) is 42.9 Å². The third-order valence-electron chi connectivity index (χ3n) is 3.93. The van der Waals surface area contributed by atoms with Gasteiger partial charge in [-0.15, -0.1) is 0 Å². The van der Waals surface area contributed by atoms with E-state index in [9.17, 15) is 0 Å². The molecule has 100 valence electrons. The summed E-state index contributed by atoms with van der Waals surface area (Å²) in [5.41, 5.74) is 3.98. The first kappa shape index (κ1) is 13.4. The van der Waals surface area contributed by atoms with Gasteiger partial charge in [0.05, 0.1) is 6.61 Å². The Morgan fingerprint density at radius 1 is 1.28 bits per heavy atom. The molecule has 0 amide bonds. The van der Waals surface area contributed by atoms with Gasteiger partial charge in [-0.3, -0.25) is 0 Å². The molecule has 2 nitrogen and oxygen atoms in total. The Labute approximate surface area is 111 Å². The summed E-state index contributed by atoms with van der Waals surface area (Å²) in [6, 6.07) is 5.08. The molecule has 1 aromatic rings. The maximum Gasteiger partial charge on any atom is 0.125 e. The molecule has 0 spiro atoms. The van der Waals surface area contributed by atoms with Crippen molar-refractivity contribution in [3.63, 3.8) is 0 Å². The average Bonchev–Trinajstić information content (AvgIpc) is 2.39. The van der Waals surface area contributed by atoms with Gasteiger partial charge in [0.1, 0.15) is 5.75 Å². The van der Waals surface area contributed by atoms with Gasteiger partial charge in [-0.1, -0.05) is 18.6 Å². The number of hydrogen-bond acceptors (Lipinski definition) is 2. The molecule has 1 heterocycles. The molecule has 1 aliphatic heterocycles. The van der Waals surface area contributed by atoms with Gasteiger partial charge < -0.3 is 10.1 Å². The zero-order chi connectivity index (χ0) is 13.0. The van der Waals surface area contributed by atoms with Crippen molar-refractivity contribution in [3.8, 4) is 5.75 Å². The molecule has 2 rings (SSSR count). The van der Waals surface area contributed by atoms with Crippen LogP contribution in [-0.4, -0.2) is 19.2 Å². The highest BCUT2D eigenvalue weighted by atomic mass is 16.5. The number of rotatable bonds is 4. The van der Waals surface area contributed by atoms with Crippen LogP contribution in [0.3, 0.4) is 0 Å². The van der Waals surface area contributed by atoms with E-state index in [2.05, 4.69) is 38.2 Å². The molecular weight excluding hydrogens is 222 g/mol. The minimum absolute atomic E-state index is 0.625. The van der Waals surface area contributed by atoms with Crippen molar-refractivity contribution < 1.29 is 4.74 Å². The molecule has 0 radical (unpaired) electrons. The van der Waals surface area contributed by atoms with E-state index in [0.29, 0.717) is 6.04 Å². The first-order valence-corrected chi connectivity index (χ1v) is 7.17. The molecule has 0 aliphatic carbocycles. The SMILES string of the molecule is CCOc1c(CC2CCCCN2)ccc(C)c1C. The topological polar surface area (TPSA) is 21.3 Å². The van der Waals surface area contributed by atoms with Crippen LogP contribution < -0.4 is 10.1 Å². The Morgan fingerprint density at radius 2 is 2.11 bits per heavy atom. The second-order valence-electron chi connectivity index (χ2n) is 5.28. The zero-order valence-electron chi connectivity index (χ0n) is 11.9. The molecule has 0 bridgehead atoms. The summed E-state index contributed by atoms with van der Waals surface area (Å²) in [5, 5.41) is 3.62. The Hall–Kier alpha value is -1.02. The number of hydrogen-bond donors (Lipinski definition) is 1. The minimum Gasteiger partial charge on any atom is -0.493 e. The van der Waals surface area contributed by atoms with E-state index >= 15 is 0 Å². The summed E-state index contributed by atoms with van der Waals surface area (Å²) >= 11 is 0. The molecule has 0 saturated carbocycles. The van der Waals surface area contributed by atoms with Crippen LogP contribution in [0.25, 0.3) is 0 Å². The van der Waals surface area contributed by atoms with Gasteiger partial charge in [0.25, 0.3) is 0 Å². The highest BCUT2D eigenvalue weighted by Gasteiger charge is 2.16. The third kappa shape index (κ3) is 3.05. The summed E-state index contributed by atoms with van der Waals surface area (Å²) in [4.78, 5) is 0. The number of piperidine rings is 1. The molecular formula is C16H25NO. The van der Waals surface area contributed by atoms with Gasteiger partial charge in [-0.25, -0.2) is 0 Å². The normalized spacial score (nSPS) is 19.8. The van der Waals surface area contributed by atoms with Crippen LogP contribution in [0.15, 0.2) is 12.1 Å². The van der Waals surface area contributed by atoms with E-state index in [1.165, 1.54) is 42.5 Å². The highest BCUT2D eigenvalue weighted by molar-refractivity contribution is 5.45. The molecule has 1 N–H and O–H groups in total. The van der Waals surface area contributed by atoms with Gasteiger partial charge in [0.2, 0.25) is 0 Å². The van der Waals surface area contributed by atoms with Crippen LogP contribution in [0.4, 0.5) is 0 Å². The average molecular weight is 247 g/mol. The van der Waals surface area contributed by atoms with Crippen molar-refractivity contribution in [2.24, 2.45) is 0 Å². The Kier molecular flexibility index (Phi) is 4.65. The first-order chi connectivity index (χ1) is 8.72. The lowest BCUT2D eigenvalue weighted by Gasteiger charge is -2.25. The van der Waals surface area contributed by atoms with Crippen molar-refractivity contribution in [2.75, 3.05) is 13.2 Å². The molecule has 1 atom stereocenters. The summed E-state index contributed by atoms with van der Waals surface area (Å²) in [6.45, 7) is 8.29. The van der Waals surface area contributed by atoms with E-state index in [1.54, 1.807) is 0 Å². The maximum atomic E-state index is 5.86. The van der Waals surface area contributed by atoms with Crippen LogP contribution in [0.2, 0.25) is 0 Å². The van der Waals surface area contributed by atoms with Crippen LogP contribution in [-0.2, 0) is 6.42 Å². The van der Waals surface area contributed by atoms with Gasteiger partial charge in [-0.05, 0) is 63.3 Å². The van der Waals surface area contributed by atoms with Gasteiger partial charge in [0.15, 0.2) is 0 Å². The largest absolute Gasteiger partial charge is 0.493 e. The van der Waals surface area contributed by atoms with Crippen molar-refractivity contribution >= 4 is 0 Å². The fourth-order valence-corrected chi connectivity index (χ4v) is 2.72. The van der Waals surface area contributed by atoms with Crippen LogP contribution >= 0.6 is 0 Å². The standard InChI is InChI=1S/C16H25NO/c1-4-18-16-13(3)12(2)8-9-14(16)11-15-7-5-6-10-17-15/h8-9,15,17H,4-7,10-11H2,1-3H3. The van der Waals surface area contributed by atoms with E-state index in [0.717, 1.165) is 18.8 Å². The number of aryl methyl sites for hydroxylation is 1. The summed E-state index contributed by atoms with van der Waals surface area (Å²) in [5.74, 6) is 1.12. The second kappa shape index (κ2) is 6.24. The Morgan fingerprint density at radius 3 is 2.78 bits per heavy atom. The lowest BCUT2D eigenvalue weighted by Crippen LogP contribution is -2.35. The van der Waals surface area contributed by atoms with Crippen molar-refractivity contribution in [2.45, 2.75) is 52.5 Å². The third-order valence-corrected chi connectivity index (χ3v) is 3.93. The van der Waals surface area contributed by atoms with Crippen molar-refractivity contribution in [3.05, 3.63) is 28.8 Å². The van der Waals surface area contributed by atoms with E-state index in [4.69, 9.17) is 4.74 Å². The predicted molar refractivity (Wildman–Crippen MR) is 76.4 cm³/mol. The van der Waals surface area contributed by atoms with Crippen molar-refractivity contribution in [1.29, 1.82) is 0 Å². The molecule has 2 heteroatoms. The van der Waals surface area contributed by atoms with Crippen LogP contribution in [0, 0.1) is 13.8 Å². The molecule has 1 aromatic carbocycles. The van der Waals surface area contributed by atoms with Crippen LogP contribution in [0.5, 0.6) is 5.75 Å². The summed E-state index contributed by atoms with van der Waals surface area (Å²) in [7, 11) is 0. The van der Waals surface area contributed by atoms with Gasteiger partial charge in [-0.2, -0.15) is 0 Å². The Bertz CT molecular complexity index is 394. The fraction of sp³-hybridized carbons (Fsp3) is 0.625. The quantitative estimate of drug-likeness (QED) is 0.880. The predicted octanol–water partition coefficient (Wildman–Crippen LogP) is 3.39. The molecule has 1 saturated heterocycles. The summed E-state index contributed by atoms with van der Waals surface area (Å²) < 4.78 is 5.86. The molecule has 18 heavy (non-hydrogen) atoms. The molecule has 1 fully saturated rings. The molecule has 0 aromatic heterocycles.